The Hall–Kier alpha value is -4.95. The van der Waals surface area contributed by atoms with Crippen LogP contribution in [0.2, 0.25) is 0 Å². The molecule has 0 heterocycles. The van der Waals surface area contributed by atoms with E-state index in [0.717, 1.165) is 23.7 Å². The van der Waals surface area contributed by atoms with E-state index in [0.29, 0.717) is 23.7 Å². The topological polar surface area (TPSA) is 3.24 Å². The minimum absolute atomic E-state index is 0.0698. The first-order valence-corrected chi connectivity index (χ1v) is 22.7. The third-order valence-corrected chi connectivity index (χ3v) is 17.9. The molecular formula is C56H50FN. The van der Waals surface area contributed by atoms with Crippen molar-refractivity contribution >= 4 is 17.1 Å². The molecule has 8 fully saturated rings. The van der Waals surface area contributed by atoms with E-state index in [-0.39, 0.29) is 16.6 Å². The van der Waals surface area contributed by atoms with Crippen molar-refractivity contribution in [3.63, 3.8) is 0 Å². The maximum atomic E-state index is 15.5. The summed E-state index contributed by atoms with van der Waals surface area (Å²) < 4.78 is 15.5. The van der Waals surface area contributed by atoms with Crippen LogP contribution in [0.1, 0.15) is 86.5 Å². The highest BCUT2D eigenvalue weighted by Crippen LogP contribution is 2.72. The Morgan fingerprint density at radius 1 is 0.397 bits per heavy atom. The summed E-state index contributed by atoms with van der Waals surface area (Å²) >= 11 is 0. The van der Waals surface area contributed by atoms with Gasteiger partial charge in [-0.05, 0) is 204 Å². The summed E-state index contributed by atoms with van der Waals surface area (Å²) in [6.07, 6.45) is 13.6. The first-order chi connectivity index (χ1) is 28.6. The molecule has 0 aromatic heterocycles. The number of hydrogen-bond donors (Lipinski definition) is 0. The third kappa shape index (κ3) is 4.13. The van der Waals surface area contributed by atoms with Gasteiger partial charge in [-0.3, -0.25) is 0 Å². The zero-order valence-electron chi connectivity index (χ0n) is 33.2. The van der Waals surface area contributed by atoms with Gasteiger partial charge in [0.1, 0.15) is 5.82 Å². The summed E-state index contributed by atoms with van der Waals surface area (Å²) in [6.45, 7) is 0. The predicted molar refractivity (Wildman–Crippen MR) is 233 cm³/mol. The van der Waals surface area contributed by atoms with Crippen LogP contribution in [0.5, 0.6) is 0 Å². The molecule has 0 amide bonds. The second-order valence-electron chi connectivity index (χ2n) is 20.3. The molecule has 0 atom stereocenters. The van der Waals surface area contributed by atoms with Crippen molar-refractivity contribution in [2.45, 2.75) is 75.0 Å². The van der Waals surface area contributed by atoms with Crippen LogP contribution in [0, 0.1) is 53.2 Å². The number of nitrogens with zero attached hydrogens (tertiary/aromatic N) is 1. The van der Waals surface area contributed by atoms with Crippen molar-refractivity contribution in [3.05, 3.63) is 162 Å². The summed E-state index contributed by atoms with van der Waals surface area (Å²) in [5, 5.41) is 0. The van der Waals surface area contributed by atoms with Crippen molar-refractivity contribution in [2.75, 3.05) is 4.90 Å². The Bertz CT molecular complexity index is 2610. The standard InChI is InChI=1S/C56H50FN/c57-43-15-19-46-48-32-45(18-20-50(48)56(52(46)31-43)41-27-35-22-36(29-41)30-42(56)28-35)58(44-16-13-38(14-17-44)37-7-2-1-3-8-37)53-12-6-11-51-54(53)47-9-4-5-10-49(47)55(51)39-23-33-21-34(25-39)26-40(55)24-33/h1-20,31-36,39-42H,21-30H2. The summed E-state index contributed by atoms with van der Waals surface area (Å²) in [4.78, 5) is 2.59. The Balaban J connectivity index is 0.991. The molecule has 286 valence electrons. The van der Waals surface area contributed by atoms with Gasteiger partial charge in [0.05, 0.1) is 5.69 Å². The zero-order chi connectivity index (χ0) is 37.9. The van der Waals surface area contributed by atoms with Gasteiger partial charge in [0.25, 0.3) is 0 Å². The van der Waals surface area contributed by atoms with Gasteiger partial charge in [0.15, 0.2) is 0 Å². The van der Waals surface area contributed by atoms with E-state index >= 15 is 4.39 Å². The Morgan fingerprint density at radius 2 is 0.948 bits per heavy atom. The lowest BCUT2D eigenvalue weighted by molar-refractivity contribution is -0.0400. The SMILES string of the molecule is Fc1ccc2c(c1)C1(c3ccc(N(c4ccc(-c5ccccc5)cc4)c4cccc5c4-c4ccccc4C54C5CC6CC(C5)CC4C6)cc3-2)C2CC3CC(C2)CC1C3. The maximum Gasteiger partial charge on any atom is 0.123 e. The van der Waals surface area contributed by atoms with Crippen LogP contribution in [0.3, 0.4) is 0 Å². The molecule has 0 aliphatic heterocycles. The second-order valence-corrected chi connectivity index (χ2v) is 20.3. The van der Waals surface area contributed by atoms with Crippen molar-refractivity contribution in [2.24, 2.45) is 47.3 Å². The van der Waals surface area contributed by atoms with Crippen LogP contribution in [-0.2, 0) is 10.8 Å². The summed E-state index contributed by atoms with van der Waals surface area (Å²) in [5.41, 5.74) is 17.6. The molecule has 6 aromatic carbocycles. The van der Waals surface area contributed by atoms with Crippen molar-refractivity contribution in [3.8, 4) is 33.4 Å². The summed E-state index contributed by atoms with van der Waals surface area (Å²) in [7, 11) is 0. The number of halogens is 1. The van der Waals surface area contributed by atoms with E-state index in [1.54, 1.807) is 17.2 Å². The fraction of sp³-hybridized carbons (Fsp3) is 0.357. The van der Waals surface area contributed by atoms with Gasteiger partial charge in [-0.1, -0.05) is 91.0 Å². The molecule has 16 rings (SSSR count). The Labute approximate surface area is 342 Å². The third-order valence-electron chi connectivity index (χ3n) is 17.9. The monoisotopic (exact) mass is 755 g/mol. The van der Waals surface area contributed by atoms with Gasteiger partial charge in [0, 0.05) is 27.8 Å². The molecule has 8 bridgehead atoms. The van der Waals surface area contributed by atoms with Gasteiger partial charge in [0.2, 0.25) is 0 Å². The van der Waals surface area contributed by atoms with Gasteiger partial charge in [-0.2, -0.15) is 0 Å². The summed E-state index contributed by atoms with van der Waals surface area (Å²) in [6, 6.07) is 50.2. The first kappa shape index (κ1) is 32.9. The van der Waals surface area contributed by atoms with Crippen LogP contribution in [0.15, 0.2) is 133 Å². The first-order valence-electron chi connectivity index (χ1n) is 22.7. The van der Waals surface area contributed by atoms with Gasteiger partial charge >= 0.3 is 0 Å². The number of anilines is 3. The fourth-order valence-corrected chi connectivity index (χ4v) is 16.5. The van der Waals surface area contributed by atoms with Gasteiger partial charge in [-0.25, -0.2) is 4.39 Å². The van der Waals surface area contributed by atoms with E-state index in [1.165, 1.54) is 126 Å². The van der Waals surface area contributed by atoms with Gasteiger partial charge in [-0.15, -0.1) is 0 Å². The average molecular weight is 756 g/mol. The molecule has 10 aliphatic rings. The van der Waals surface area contributed by atoms with E-state index in [4.69, 9.17) is 0 Å². The Kier molecular flexibility index (Phi) is 6.60. The van der Waals surface area contributed by atoms with Crippen LogP contribution in [0.4, 0.5) is 21.5 Å². The van der Waals surface area contributed by atoms with E-state index in [1.807, 2.05) is 6.07 Å². The van der Waals surface area contributed by atoms with Crippen LogP contribution in [-0.4, -0.2) is 0 Å². The molecular weight excluding hydrogens is 706 g/mol. The quantitative estimate of drug-likeness (QED) is 0.173. The van der Waals surface area contributed by atoms with Crippen molar-refractivity contribution in [1.82, 2.24) is 0 Å². The van der Waals surface area contributed by atoms with Gasteiger partial charge < -0.3 is 4.90 Å². The van der Waals surface area contributed by atoms with Crippen LogP contribution in [0.25, 0.3) is 33.4 Å². The molecule has 0 radical (unpaired) electrons. The highest BCUT2D eigenvalue weighted by Gasteiger charge is 2.63. The smallest absolute Gasteiger partial charge is 0.123 e. The number of rotatable bonds is 4. The normalized spacial score (nSPS) is 33.4. The molecule has 8 saturated carbocycles. The van der Waals surface area contributed by atoms with Crippen LogP contribution >= 0.6 is 0 Å². The number of hydrogen-bond acceptors (Lipinski definition) is 1. The largest absolute Gasteiger partial charge is 0.310 e. The van der Waals surface area contributed by atoms with E-state index in [9.17, 15) is 0 Å². The number of benzene rings is 6. The molecule has 6 aromatic rings. The molecule has 2 spiro atoms. The summed E-state index contributed by atoms with van der Waals surface area (Å²) in [5.74, 6) is 6.07. The van der Waals surface area contributed by atoms with E-state index in [2.05, 4.69) is 126 Å². The number of fused-ring (bicyclic) bond motifs is 6. The van der Waals surface area contributed by atoms with Crippen molar-refractivity contribution in [1.29, 1.82) is 0 Å². The molecule has 0 N–H and O–H groups in total. The molecule has 10 aliphatic carbocycles. The predicted octanol–water partition coefficient (Wildman–Crippen LogP) is 14.4. The second kappa shape index (κ2) is 11.6. The molecule has 58 heavy (non-hydrogen) atoms. The van der Waals surface area contributed by atoms with Crippen LogP contribution < -0.4 is 4.90 Å². The molecule has 1 nitrogen and oxygen atoms in total. The minimum Gasteiger partial charge on any atom is -0.310 e. The van der Waals surface area contributed by atoms with E-state index < -0.39 is 0 Å². The lowest BCUT2D eigenvalue weighted by Gasteiger charge is -2.61. The molecule has 0 saturated heterocycles. The lowest BCUT2D eigenvalue weighted by atomic mass is 9.43. The highest BCUT2D eigenvalue weighted by molar-refractivity contribution is 5.97. The lowest BCUT2D eigenvalue weighted by Crippen LogP contribution is -2.55. The average Bonchev–Trinajstić information content (AvgIpc) is 3.70. The fourth-order valence-electron chi connectivity index (χ4n) is 16.5. The molecule has 2 heteroatoms. The zero-order valence-corrected chi connectivity index (χ0v) is 33.2. The maximum absolute atomic E-state index is 15.5. The minimum atomic E-state index is -0.0858. The Morgan fingerprint density at radius 3 is 1.62 bits per heavy atom. The highest BCUT2D eigenvalue weighted by atomic mass is 19.1. The molecule has 0 unspecified atom stereocenters. The van der Waals surface area contributed by atoms with Crippen molar-refractivity contribution < 1.29 is 4.39 Å².